The van der Waals surface area contributed by atoms with Gasteiger partial charge in [-0.05, 0) is 60.7 Å². The molecule has 0 bridgehead atoms. The summed E-state index contributed by atoms with van der Waals surface area (Å²) < 4.78 is 41.2. The van der Waals surface area contributed by atoms with Gasteiger partial charge in [-0.3, -0.25) is 4.79 Å². The number of rotatable bonds is 5. The molecule has 28 heavy (non-hydrogen) atoms. The highest BCUT2D eigenvalue weighted by atomic mass is 79.9. The predicted octanol–water partition coefficient (Wildman–Crippen LogP) is 4.20. The third-order valence-electron chi connectivity index (χ3n) is 3.61. The molecule has 11 heteroatoms. The van der Waals surface area contributed by atoms with Crippen LogP contribution in [0.25, 0.3) is 11.4 Å². The van der Waals surface area contributed by atoms with Crippen molar-refractivity contribution in [3.63, 3.8) is 0 Å². The topological polar surface area (TPSA) is 81.9 Å². The van der Waals surface area contributed by atoms with Crippen LogP contribution in [-0.4, -0.2) is 32.5 Å². The van der Waals surface area contributed by atoms with Gasteiger partial charge in [-0.1, -0.05) is 15.9 Å². The molecule has 1 atom stereocenters. The molecule has 0 aliphatic carbocycles. The van der Waals surface area contributed by atoms with Gasteiger partial charge in [-0.15, -0.1) is 23.4 Å². The fourth-order valence-corrected chi connectivity index (χ4v) is 2.46. The Bertz CT molecular complexity index is 958. The van der Waals surface area contributed by atoms with Crippen molar-refractivity contribution in [3.8, 4) is 17.1 Å². The van der Waals surface area contributed by atoms with Crippen molar-refractivity contribution in [2.45, 2.75) is 19.3 Å². The number of hydrogen-bond acceptors (Lipinski definition) is 5. The molecule has 146 valence electrons. The highest BCUT2D eigenvalue weighted by Crippen LogP contribution is 2.24. The number of anilines is 1. The first kappa shape index (κ1) is 19.8. The van der Waals surface area contributed by atoms with Crippen LogP contribution in [-0.2, 0) is 4.79 Å². The first-order chi connectivity index (χ1) is 13.2. The van der Waals surface area contributed by atoms with Gasteiger partial charge in [-0.2, -0.15) is 4.80 Å². The number of hydrogen-bond donors (Lipinski definition) is 1. The normalized spacial score (nSPS) is 12.5. The molecule has 3 aromatic rings. The van der Waals surface area contributed by atoms with Gasteiger partial charge in [0.1, 0.15) is 11.8 Å². The van der Waals surface area contributed by atoms with Crippen molar-refractivity contribution in [2.24, 2.45) is 0 Å². The zero-order valence-corrected chi connectivity index (χ0v) is 15.9. The molecule has 0 radical (unpaired) electrons. The lowest BCUT2D eigenvalue weighted by molar-refractivity contribution is -0.274. The van der Waals surface area contributed by atoms with Crippen LogP contribution in [0.1, 0.15) is 13.0 Å². The predicted molar refractivity (Wildman–Crippen MR) is 97.4 cm³/mol. The minimum atomic E-state index is -4.77. The van der Waals surface area contributed by atoms with Crippen LogP contribution in [0.5, 0.6) is 5.75 Å². The molecule has 0 fully saturated rings. The first-order valence-corrected chi connectivity index (χ1v) is 8.73. The van der Waals surface area contributed by atoms with Gasteiger partial charge < -0.3 is 10.1 Å². The molecule has 1 N–H and O–H groups in total. The lowest BCUT2D eigenvalue weighted by Crippen LogP contribution is -2.25. The smallest absolute Gasteiger partial charge is 0.406 e. The SMILES string of the molecule is CC(C(=O)Nc1ccc(OC(F)(F)F)cc1)n1nnc(-c2ccc(Br)cc2)n1. The van der Waals surface area contributed by atoms with Crippen LogP contribution in [0.3, 0.4) is 0 Å². The zero-order valence-electron chi connectivity index (χ0n) is 14.3. The van der Waals surface area contributed by atoms with Gasteiger partial charge in [0.25, 0.3) is 5.91 Å². The molecule has 0 spiro atoms. The molecule has 0 saturated heterocycles. The number of amides is 1. The molecule has 0 aliphatic rings. The van der Waals surface area contributed by atoms with Crippen molar-refractivity contribution < 1.29 is 22.7 Å². The van der Waals surface area contributed by atoms with Gasteiger partial charge in [0.15, 0.2) is 0 Å². The number of nitrogens with zero attached hydrogens (tertiary/aromatic N) is 4. The summed E-state index contributed by atoms with van der Waals surface area (Å²) in [5, 5.41) is 14.6. The molecule has 1 amide bonds. The number of benzene rings is 2. The highest BCUT2D eigenvalue weighted by molar-refractivity contribution is 9.10. The summed E-state index contributed by atoms with van der Waals surface area (Å²) in [5.74, 6) is -0.472. The second kappa shape index (κ2) is 7.97. The Morgan fingerprint density at radius 1 is 1.14 bits per heavy atom. The van der Waals surface area contributed by atoms with Crippen LogP contribution in [0.15, 0.2) is 53.0 Å². The van der Waals surface area contributed by atoms with E-state index in [1.807, 2.05) is 12.1 Å². The maximum absolute atomic E-state index is 12.4. The van der Waals surface area contributed by atoms with E-state index in [9.17, 15) is 18.0 Å². The molecule has 7 nitrogen and oxygen atoms in total. The van der Waals surface area contributed by atoms with Crippen molar-refractivity contribution >= 4 is 27.5 Å². The lowest BCUT2D eigenvalue weighted by atomic mass is 10.2. The van der Waals surface area contributed by atoms with E-state index in [-0.39, 0.29) is 5.75 Å². The molecule has 0 saturated carbocycles. The average molecular weight is 456 g/mol. The van der Waals surface area contributed by atoms with E-state index in [0.29, 0.717) is 11.5 Å². The van der Waals surface area contributed by atoms with Gasteiger partial charge in [-0.25, -0.2) is 0 Å². The molecule has 1 aromatic heterocycles. The van der Waals surface area contributed by atoms with E-state index >= 15 is 0 Å². The zero-order chi connectivity index (χ0) is 20.3. The monoisotopic (exact) mass is 455 g/mol. The summed E-state index contributed by atoms with van der Waals surface area (Å²) in [7, 11) is 0. The fraction of sp³-hybridized carbons (Fsp3) is 0.176. The van der Waals surface area contributed by atoms with Crippen molar-refractivity contribution in [3.05, 3.63) is 53.0 Å². The van der Waals surface area contributed by atoms with E-state index in [4.69, 9.17) is 0 Å². The number of tetrazole rings is 1. The largest absolute Gasteiger partial charge is 0.573 e. The summed E-state index contributed by atoms with van der Waals surface area (Å²) in [5.41, 5.74) is 1.04. The molecular weight excluding hydrogens is 443 g/mol. The number of carbonyl (C=O) groups is 1. The summed E-state index contributed by atoms with van der Waals surface area (Å²) in [6.45, 7) is 1.57. The van der Waals surface area contributed by atoms with Gasteiger partial charge in [0.05, 0.1) is 0 Å². The Balaban J connectivity index is 1.65. The van der Waals surface area contributed by atoms with Crippen LogP contribution < -0.4 is 10.1 Å². The summed E-state index contributed by atoms with van der Waals surface area (Å²) in [4.78, 5) is 13.5. The van der Waals surface area contributed by atoms with E-state index in [2.05, 4.69) is 41.4 Å². The minimum Gasteiger partial charge on any atom is -0.406 e. The first-order valence-electron chi connectivity index (χ1n) is 7.93. The number of alkyl halides is 3. The van der Waals surface area contributed by atoms with Crippen LogP contribution in [0.4, 0.5) is 18.9 Å². The summed E-state index contributed by atoms with van der Waals surface area (Å²) in [6, 6.07) is 11.3. The maximum atomic E-state index is 12.4. The second-order valence-electron chi connectivity index (χ2n) is 5.68. The average Bonchev–Trinajstić information content (AvgIpc) is 3.12. The molecule has 2 aromatic carbocycles. The minimum absolute atomic E-state index is 0.305. The van der Waals surface area contributed by atoms with Crippen LogP contribution >= 0.6 is 15.9 Å². The standard InChI is InChI=1S/C17H13BrF3N5O2/c1-10(26-24-15(23-25-26)11-2-4-12(18)5-3-11)16(27)22-13-6-8-14(9-7-13)28-17(19,20)21/h2-10H,1H3,(H,22,27). The second-order valence-corrected chi connectivity index (χ2v) is 6.59. The van der Waals surface area contributed by atoms with E-state index < -0.39 is 18.3 Å². The van der Waals surface area contributed by atoms with Gasteiger partial charge in [0.2, 0.25) is 5.82 Å². The highest BCUT2D eigenvalue weighted by Gasteiger charge is 2.31. The van der Waals surface area contributed by atoms with Crippen LogP contribution in [0.2, 0.25) is 0 Å². The van der Waals surface area contributed by atoms with Gasteiger partial charge >= 0.3 is 6.36 Å². The Labute approximate surface area is 165 Å². The molecular formula is C17H13BrF3N5O2. The molecule has 0 aliphatic heterocycles. The van der Waals surface area contributed by atoms with Crippen molar-refractivity contribution in [2.75, 3.05) is 5.32 Å². The Hall–Kier alpha value is -2.95. The number of ether oxygens (including phenoxy) is 1. The maximum Gasteiger partial charge on any atom is 0.573 e. The van der Waals surface area contributed by atoms with E-state index in [1.54, 1.807) is 19.1 Å². The molecule has 3 rings (SSSR count). The number of carbonyl (C=O) groups excluding carboxylic acids is 1. The van der Waals surface area contributed by atoms with Crippen molar-refractivity contribution in [1.29, 1.82) is 0 Å². The van der Waals surface area contributed by atoms with E-state index in [0.717, 1.165) is 27.0 Å². The fourth-order valence-electron chi connectivity index (χ4n) is 2.20. The van der Waals surface area contributed by atoms with Crippen molar-refractivity contribution in [1.82, 2.24) is 20.2 Å². The molecule has 1 heterocycles. The molecule has 1 unspecified atom stereocenters. The number of halogens is 4. The third-order valence-corrected chi connectivity index (χ3v) is 4.14. The number of aromatic nitrogens is 4. The quantitative estimate of drug-likeness (QED) is 0.623. The Morgan fingerprint density at radius 2 is 1.79 bits per heavy atom. The van der Waals surface area contributed by atoms with E-state index in [1.165, 1.54) is 12.1 Å². The van der Waals surface area contributed by atoms with Crippen LogP contribution in [0, 0.1) is 0 Å². The Morgan fingerprint density at radius 3 is 2.39 bits per heavy atom. The Kier molecular flexibility index (Phi) is 5.63. The van der Waals surface area contributed by atoms with Gasteiger partial charge in [0, 0.05) is 15.7 Å². The number of nitrogens with one attached hydrogen (secondary N) is 1. The third kappa shape index (κ3) is 5.06. The summed E-state index contributed by atoms with van der Waals surface area (Å²) in [6.07, 6.45) is -4.77. The summed E-state index contributed by atoms with van der Waals surface area (Å²) >= 11 is 3.34. The lowest BCUT2D eigenvalue weighted by Gasteiger charge is -2.12.